The molecule has 6 heteroatoms. The maximum absolute atomic E-state index is 12.3. The molecule has 1 aromatic carbocycles. The van der Waals surface area contributed by atoms with Gasteiger partial charge in [-0.2, -0.15) is 0 Å². The van der Waals surface area contributed by atoms with Gasteiger partial charge in [0.15, 0.2) is 0 Å². The van der Waals surface area contributed by atoms with Gasteiger partial charge in [0.05, 0.1) is 11.5 Å². The summed E-state index contributed by atoms with van der Waals surface area (Å²) in [5.41, 5.74) is 6.68. The minimum absolute atomic E-state index is 0.103. The predicted molar refractivity (Wildman–Crippen MR) is 77.8 cm³/mol. The van der Waals surface area contributed by atoms with Gasteiger partial charge in [-0.15, -0.1) is 0 Å². The Morgan fingerprint density at radius 2 is 1.95 bits per heavy atom. The molecule has 0 spiro atoms. The Labute approximate surface area is 120 Å². The lowest BCUT2D eigenvalue weighted by molar-refractivity contribution is 0.180. The summed E-state index contributed by atoms with van der Waals surface area (Å²) in [5.74, 6) is 0.244. The van der Waals surface area contributed by atoms with Crippen molar-refractivity contribution in [3.63, 3.8) is 0 Å². The van der Waals surface area contributed by atoms with E-state index in [1.165, 1.54) is 0 Å². The quantitative estimate of drug-likeness (QED) is 0.861. The van der Waals surface area contributed by atoms with Crippen LogP contribution >= 0.6 is 0 Å². The first-order chi connectivity index (χ1) is 9.40. The Hall–Kier alpha value is -0.950. The summed E-state index contributed by atoms with van der Waals surface area (Å²) in [6.07, 6.45) is 0.896. The van der Waals surface area contributed by atoms with E-state index in [0.717, 1.165) is 12.0 Å². The van der Waals surface area contributed by atoms with Crippen molar-refractivity contribution in [1.82, 2.24) is 4.72 Å². The molecule has 0 radical (unpaired) electrons. The number of sulfonamides is 1. The highest BCUT2D eigenvalue weighted by Gasteiger charge is 2.26. The molecule has 1 aliphatic rings. The summed E-state index contributed by atoms with van der Waals surface area (Å²) in [6.45, 7) is 5.07. The Bertz CT molecular complexity index is 534. The molecule has 0 amide bonds. The van der Waals surface area contributed by atoms with E-state index in [9.17, 15) is 8.42 Å². The smallest absolute Gasteiger partial charge is 0.240 e. The topological polar surface area (TPSA) is 81.4 Å². The first-order valence-electron chi connectivity index (χ1n) is 6.86. The van der Waals surface area contributed by atoms with Crippen LogP contribution in [-0.2, 0) is 14.8 Å². The van der Waals surface area contributed by atoms with E-state index in [1.54, 1.807) is 24.3 Å². The van der Waals surface area contributed by atoms with Crippen LogP contribution in [0.15, 0.2) is 29.2 Å². The van der Waals surface area contributed by atoms with Gasteiger partial charge in [0.1, 0.15) is 0 Å². The van der Waals surface area contributed by atoms with Crippen molar-refractivity contribution < 1.29 is 13.2 Å². The molecule has 5 nitrogen and oxygen atoms in total. The van der Waals surface area contributed by atoms with Crippen molar-refractivity contribution in [3.8, 4) is 0 Å². The summed E-state index contributed by atoms with van der Waals surface area (Å²) in [7, 11) is -3.49. The molecule has 0 aromatic heterocycles. The summed E-state index contributed by atoms with van der Waals surface area (Å²) in [6, 6.07) is 6.47. The zero-order valence-electron chi connectivity index (χ0n) is 11.9. The lowest BCUT2D eigenvalue weighted by atomic mass is 10.0. The van der Waals surface area contributed by atoms with Crippen LogP contribution in [0.25, 0.3) is 0 Å². The van der Waals surface area contributed by atoms with E-state index in [0.29, 0.717) is 13.2 Å². The van der Waals surface area contributed by atoms with Gasteiger partial charge < -0.3 is 10.5 Å². The minimum atomic E-state index is -3.49. The lowest BCUT2D eigenvalue weighted by Gasteiger charge is -2.19. The fourth-order valence-electron chi connectivity index (χ4n) is 2.31. The van der Waals surface area contributed by atoms with Gasteiger partial charge in [0.2, 0.25) is 10.0 Å². The number of nitrogens with one attached hydrogen (secondary N) is 1. The molecule has 1 aromatic rings. The van der Waals surface area contributed by atoms with Gasteiger partial charge in [0.25, 0.3) is 0 Å². The second kappa shape index (κ2) is 6.22. The van der Waals surface area contributed by atoms with Gasteiger partial charge in [-0.3, -0.25) is 0 Å². The van der Waals surface area contributed by atoms with Crippen molar-refractivity contribution in [1.29, 1.82) is 0 Å². The normalized spacial score (nSPS) is 22.6. The molecule has 0 saturated carbocycles. The molecular weight excluding hydrogens is 276 g/mol. The second-order valence-electron chi connectivity index (χ2n) is 5.39. The molecule has 1 heterocycles. The highest BCUT2D eigenvalue weighted by atomic mass is 32.2. The minimum Gasteiger partial charge on any atom is -0.381 e. The first-order valence-corrected chi connectivity index (χ1v) is 8.34. The molecule has 3 atom stereocenters. The van der Waals surface area contributed by atoms with E-state index >= 15 is 0 Å². The molecule has 2 rings (SSSR count). The fraction of sp³-hybridized carbons (Fsp3) is 0.571. The predicted octanol–water partition coefficient (Wildman–Crippen LogP) is 1.41. The van der Waals surface area contributed by atoms with Gasteiger partial charge in [-0.25, -0.2) is 13.1 Å². The molecule has 0 aliphatic carbocycles. The third-order valence-electron chi connectivity index (χ3n) is 3.73. The van der Waals surface area contributed by atoms with Crippen LogP contribution in [0.3, 0.4) is 0 Å². The molecule has 3 unspecified atom stereocenters. The fourth-order valence-corrected chi connectivity index (χ4v) is 3.62. The third-order valence-corrected chi connectivity index (χ3v) is 5.30. The van der Waals surface area contributed by atoms with Crippen molar-refractivity contribution in [2.75, 3.05) is 13.2 Å². The largest absolute Gasteiger partial charge is 0.381 e. The molecule has 3 N–H and O–H groups in total. The van der Waals surface area contributed by atoms with Crippen molar-refractivity contribution in [2.45, 2.75) is 37.2 Å². The Morgan fingerprint density at radius 3 is 2.45 bits per heavy atom. The van der Waals surface area contributed by atoms with E-state index in [2.05, 4.69) is 4.72 Å². The average molecular weight is 298 g/mol. The van der Waals surface area contributed by atoms with Crippen LogP contribution < -0.4 is 10.5 Å². The number of rotatable bonds is 5. The monoisotopic (exact) mass is 298 g/mol. The van der Waals surface area contributed by atoms with Crippen molar-refractivity contribution in [3.05, 3.63) is 29.8 Å². The highest BCUT2D eigenvalue weighted by Crippen LogP contribution is 2.19. The van der Waals surface area contributed by atoms with Crippen LogP contribution in [-0.4, -0.2) is 27.7 Å². The standard InChI is InChI=1S/C14H22N2O3S/c1-10(15)12-3-5-14(6-4-12)20(17,18)16-11(2)13-7-8-19-9-13/h3-6,10-11,13,16H,7-9,15H2,1-2H3. The molecule has 20 heavy (non-hydrogen) atoms. The van der Waals surface area contributed by atoms with Crippen LogP contribution in [0, 0.1) is 5.92 Å². The summed E-state index contributed by atoms with van der Waals surface area (Å²) in [5, 5.41) is 0. The second-order valence-corrected chi connectivity index (χ2v) is 7.11. The lowest BCUT2D eigenvalue weighted by Crippen LogP contribution is -2.38. The number of hydrogen-bond donors (Lipinski definition) is 2. The van der Waals surface area contributed by atoms with Gasteiger partial charge in [-0.05, 0) is 38.0 Å². The maximum atomic E-state index is 12.3. The number of hydrogen-bond acceptors (Lipinski definition) is 4. The molecule has 1 fully saturated rings. The van der Waals surface area contributed by atoms with Crippen molar-refractivity contribution >= 4 is 10.0 Å². The van der Waals surface area contributed by atoms with Crippen LogP contribution in [0.5, 0.6) is 0 Å². The molecular formula is C14H22N2O3S. The Morgan fingerprint density at radius 1 is 1.30 bits per heavy atom. The first kappa shape index (κ1) is 15.4. The maximum Gasteiger partial charge on any atom is 0.240 e. The van der Waals surface area contributed by atoms with Gasteiger partial charge >= 0.3 is 0 Å². The molecule has 1 aliphatic heterocycles. The third kappa shape index (κ3) is 3.58. The van der Waals surface area contributed by atoms with E-state index in [1.807, 2.05) is 13.8 Å². The van der Waals surface area contributed by atoms with Crippen molar-refractivity contribution in [2.24, 2.45) is 11.7 Å². The highest BCUT2D eigenvalue weighted by molar-refractivity contribution is 7.89. The van der Waals surface area contributed by atoms with Crippen LogP contribution in [0.2, 0.25) is 0 Å². The average Bonchev–Trinajstić information content (AvgIpc) is 2.92. The number of ether oxygens (including phenoxy) is 1. The molecule has 1 saturated heterocycles. The van der Waals surface area contributed by atoms with Crippen LogP contribution in [0.4, 0.5) is 0 Å². The van der Waals surface area contributed by atoms with E-state index in [4.69, 9.17) is 10.5 Å². The van der Waals surface area contributed by atoms with E-state index < -0.39 is 10.0 Å². The zero-order valence-corrected chi connectivity index (χ0v) is 12.7. The number of benzene rings is 1. The Kier molecular flexibility index (Phi) is 4.80. The SMILES string of the molecule is CC(N)c1ccc(S(=O)(=O)NC(C)C2CCOC2)cc1. The molecule has 112 valence electrons. The van der Waals surface area contributed by atoms with Crippen LogP contribution in [0.1, 0.15) is 31.9 Å². The van der Waals surface area contributed by atoms with Gasteiger partial charge in [-0.1, -0.05) is 12.1 Å². The molecule has 0 bridgehead atoms. The Balaban J connectivity index is 2.09. The summed E-state index contributed by atoms with van der Waals surface area (Å²) < 4.78 is 32.6. The number of nitrogens with two attached hydrogens (primary N) is 1. The zero-order chi connectivity index (χ0) is 14.8. The summed E-state index contributed by atoms with van der Waals surface area (Å²) in [4.78, 5) is 0.271. The van der Waals surface area contributed by atoms with E-state index in [-0.39, 0.29) is 22.9 Å². The van der Waals surface area contributed by atoms with Gasteiger partial charge in [0, 0.05) is 24.6 Å². The summed E-state index contributed by atoms with van der Waals surface area (Å²) >= 11 is 0.